The fraction of sp³-hybridized carbons (Fsp3) is 0.526. The Labute approximate surface area is 153 Å². The quantitative estimate of drug-likeness (QED) is 0.802. The Morgan fingerprint density at radius 3 is 2.73 bits per heavy atom. The van der Waals surface area contributed by atoms with Gasteiger partial charge >= 0.3 is 0 Å². The van der Waals surface area contributed by atoms with E-state index in [1.54, 1.807) is 4.90 Å². The Kier molecular flexibility index (Phi) is 4.09. The molecule has 2 amide bonds. The molecule has 3 aliphatic rings. The fourth-order valence-electron chi connectivity index (χ4n) is 3.89. The molecule has 0 aromatic heterocycles. The average molecular weight is 356 g/mol. The van der Waals surface area contributed by atoms with Gasteiger partial charge in [-0.1, -0.05) is 18.2 Å². The maximum atomic E-state index is 12.9. The number of nitrogens with zero attached hydrogens (tertiary/aromatic N) is 3. The molecular weight excluding hydrogens is 332 g/mol. The molecule has 0 aliphatic carbocycles. The summed E-state index contributed by atoms with van der Waals surface area (Å²) in [7, 11) is 3.72. The van der Waals surface area contributed by atoms with Gasteiger partial charge in [0.2, 0.25) is 11.9 Å². The minimum Gasteiger partial charge on any atom is -0.492 e. The fourth-order valence-corrected chi connectivity index (χ4v) is 3.89. The van der Waals surface area contributed by atoms with Gasteiger partial charge < -0.3 is 14.5 Å². The summed E-state index contributed by atoms with van der Waals surface area (Å²) in [5, 5.41) is 2.85. The summed E-state index contributed by atoms with van der Waals surface area (Å²) < 4.78 is 5.76. The number of likely N-dealkylation sites (tertiary alicyclic amines) is 1. The first kappa shape index (κ1) is 16.9. The van der Waals surface area contributed by atoms with Gasteiger partial charge in [-0.05, 0) is 30.9 Å². The van der Waals surface area contributed by atoms with Crippen LogP contribution in [0.4, 0.5) is 0 Å². The predicted octanol–water partition coefficient (Wildman–Crippen LogP) is 0.646. The molecule has 1 aromatic carbocycles. The number of carbonyl (C=O) groups excluding carboxylic acids is 2. The van der Waals surface area contributed by atoms with E-state index in [1.165, 1.54) is 0 Å². The van der Waals surface area contributed by atoms with Crippen molar-refractivity contribution in [2.75, 3.05) is 33.8 Å². The van der Waals surface area contributed by atoms with Gasteiger partial charge in [0.25, 0.3) is 5.91 Å². The van der Waals surface area contributed by atoms with Crippen LogP contribution in [0.15, 0.2) is 29.3 Å². The van der Waals surface area contributed by atoms with Crippen molar-refractivity contribution in [1.82, 2.24) is 15.1 Å². The highest BCUT2D eigenvalue weighted by Crippen LogP contribution is 2.32. The second-order valence-electron chi connectivity index (χ2n) is 7.46. The summed E-state index contributed by atoms with van der Waals surface area (Å²) in [6.45, 7) is 1.52. The monoisotopic (exact) mass is 356 g/mol. The number of aliphatic imine (C=N–C) groups is 1. The first-order valence-electron chi connectivity index (χ1n) is 9.07. The van der Waals surface area contributed by atoms with E-state index in [1.807, 2.05) is 43.3 Å². The third-order valence-electron chi connectivity index (χ3n) is 5.52. The number of carbonyl (C=O) groups is 2. The van der Waals surface area contributed by atoms with Crippen LogP contribution < -0.4 is 10.1 Å². The highest BCUT2D eigenvalue weighted by Gasteiger charge is 2.47. The summed E-state index contributed by atoms with van der Waals surface area (Å²) >= 11 is 0. The number of para-hydroxylation sites is 1. The van der Waals surface area contributed by atoms with Crippen LogP contribution in [0.1, 0.15) is 18.4 Å². The number of nitrogens with one attached hydrogen (secondary N) is 1. The van der Waals surface area contributed by atoms with Gasteiger partial charge in [-0.25, -0.2) is 4.99 Å². The van der Waals surface area contributed by atoms with Gasteiger partial charge in [-0.2, -0.15) is 0 Å². The van der Waals surface area contributed by atoms with Gasteiger partial charge in [0.1, 0.15) is 17.9 Å². The SMILES string of the molecule is CN(C)C1=NC2(CCN(C(=O)C3COc4ccccc4C3)CC2)C(=O)N1. The number of ether oxygens (including phenoxy) is 1. The molecule has 1 N–H and O–H groups in total. The Balaban J connectivity index is 1.41. The minimum atomic E-state index is -0.716. The van der Waals surface area contributed by atoms with Crippen LogP contribution in [-0.2, 0) is 16.0 Å². The van der Waals surface area contributed by atoms with E-state index in [0.717, 1.165) is 11.3 Å². The Morgan fingerprint density at radius 2 is 2.04 bits per heavy atom. The topological polar surface area (TPSA) is 74.2 Å². The molecule has 0 radical (unpaired) electrons. The van der Waals surface area contributed by atoms with Crippen LogP contribution in [0.3, 0.4) is 0 Å². The molecule has 1 saturated heterocycles. The maximum Gasteiger partial charge on any atom is 0.254 e. The summed E-state index contributed by atoms with van der Waals surface area (Å²) in [4.78, 5) is 33.6. The zero-order chi connectivity index (χ0) is 18.3. The predicted molar refractivity (Wildman–Crippen MR) is 96.9 cm³/mol. The number of piperidine rings is 1. The van der Waals surface area contributed by atoms with Crippen molar-refractivity contribution in [2.45, 2.75) is 24.8 Å². The van der Waals surface area contributed by atoms with E-state index in [-0.39, 0.29) is 17.7 Å². The van der Waals surface area contributed by atoms with E-state index >= 15 is 0 Å². The lowest BCUT2D eigenvalue weighted by Crippen LogP contribution is -2.52. The van der Waals surface area contributed by atoms with Crippen molar-refractivity contribution in [3.63, 3.8) is 0 Å². The largest absolute Gasteiger partial charge is 0.492 e. The lowest BCUT2D eigenvalue weighted by molar-refractivity contribution is -0.140. The molecule has 1 spiro atoms. The Hall–Kier alpha value is -2.57. The third-order valence-corrected chi connectivity index (χ3v) is 5.52. The summed E-state index contributed by atoms with van der Waals surface area (Å²) in [6.07, 6.45) is 1.83. The van der Waals surface area contributed by atoms with Gasteiger partial charge in [0.15, 0.2) is 0 Å². The molecule has 1 fully saturated rings. The van der Waals surface area contributed by atoms with E-state index in [0.29, 0.717) is 44.9 Å². The van der Waals surface area contributed by atoms with E-state index in [2.05, 4.69) is 10.3 Å². The molecule has 4 rings (SSSR count). The molecule has 138 valence electrons. The first-order valence-corrected chi connectivity index (χ1v) is 9.07. The molecular formula is C19H24N4O3. The Bertz CT molecular complexity index is 766. The van der Waals surface area contributed by atoms with Crippen LogP contribution in [0.5, 0.6) is 5.75 Å². The number of fused-ring (bicyclic) bond motifs is 1. The number of hydrogen-bond donors (Lipinski definition) is 1. The highest BCUT2D eigenvalue weighted by molar-refractivity contribution is 6.07. The lowest BCUT2D eigenvalue weighted by Gasteiger charge is -2.37. The zero-order valence-corrected chi connectivity index (χ0v) is 15.2. The summed E-state index contributed by atoms with van der Waals surface area (Å²) in [5.74, 6) is 1.39. The van der Waals surface area contributed by atoms with Crippen molar-refractivity contribution >= 4 is 17.8 Å². The number of benzene rings is 1. The lowest BCUT2D eigenvalue weighted by atomic mass is 9.87. The smallest absolute Gasteiger partial charge is 0.254 e. The van der Waals surface area contributed by atoms with Gasteiger partial charge in [-0.15, -0.1) is 0 Å². The van der Waals surface area contributed by atoms with Gasteiger partial charge in [0.05, 0.1) is 5.92 Å². The van der Waals surface area contributed by atoms with Gasteiger partial charge in [-0.3, -0.25) is 14.9 Å². The minimum absolute atomic E-state index is 0.0526. The van der Waals surface area contributed by atoms with E-state index in [9.17, 15) is 9.59 Å². The zero-order valence-electron chi connectivity index (χ0n) is 15.2. The van der Waals surface area contributed by atoms with Crippen molar-refractivity contribution in [1.29, 1.82) is 0 Å². The van der Waals surface area contributed by atoms with Crippen LogP contribution in [0, 0.1) is 5.92 Å². The van der Waals surface area contributed by atoms with E-state index in [4.69, 9.17) is 4.74 Å². The molecule has 3 aliphatic heterocycles. The van der Waals surface area contributed by atoms with E-state index < -0.39 is 5.54 Å². The molecule has 7 nitrogen and oxygen atoms in total. The summed E-state index contributed by atoms with van der Waals surface area (Å²) in [5.41, 5.74) is 0.368. The average Bonchev–Trinajstić information content (AvgIpc) is 2.98. The van der Waals surface area contributed by atoms with Gasteiger partial charge in [0, 0.05) is 27.2 Å². The molecule has 26 heavy (non-hydrogen) atoms. The van der Waals surface area contributed by atoms with Crippen molar-refractivity contribution in [2.24, 2.45) is 10.9 Å². The number of hydrogen-bond acceptors (Lipinski definition) is 5. The molecule has 7 heteroatoms. The normalized spacial score (nSPS) is 23.8. The molecule has 0 bridgehead atoms. The van der Waals surface area contributed by atoms with Crippen molar-refractivity contribution < 1.29 is 14.3 Å². The molecule has 1 aromatic rings. The molecule has 0 saturated carbocycles. The number of guanidine groups is 1. The second kappa shape index (κ2) is 6.30. The second-order valence-corrected chi connectivity index (χ2v) is 7.46. The van der Waals surface area contributed by atoms with Crippen LogP contribution in [0.25, 0.3) is 0 Å². The third kappa shape index (κ3) is 2.81. The highest BCUT2D eigenvalue weighted by atomic mass is 16.5. The number of amides is 2. The van der Waals surface area contributed by atoms with Crippen LogP contribution in [-0.4, -0.2) is 66.9 Å². The number of rotatable bonds is 1. The van der Waals surface area contributed by atoms with Crippen LogP contribution >= 0.6 is 0 Å². The standard InChI is InChI=1S/C19H24N4O3/c1-22(2)18-20-17(25)19(21-18)7-9-23(10-8-19)16(24)14-11-13-5-3-4-6-15(13)26-12-14/h3-6,14H,7-12H2,1-2H3,(H,20,21,25). The van der Waals surface area contributed by atoms with Crippen molar-refractivity contribution in [3.8, 4) is 5.75 Å². The Morgan fingerprint density at radius 1 is 1.31 bits per heavy atom. The van der Waals surface area contributed by atoms with Crippen molar-refractivity contribution in [3.05, 3.63) is 29.8 Å². The first-order chi connectivity index (χ1) is 12.5. The molecule has 1 unspecified atom stereocenters. The summed E-state index contributed by atoms with van der Waals surface area (Å²) in [6, 6.07) is 7.87. The van der Waals surface area contributed by atoms with Crippen LogP contribution in [0.2, 0.25) is 0 Å². The maximum absolute atomic E-state index is 12.9. The molecule has 3 heterocycles. The molecule has 1 atom stereocenters.